The molecule has 0 spiro atoms. The van der Waals surface area contributed by atoms with Crippen LogP contribution in [0.1, 0.15) is 44.0 Å². The molecule has 76 valence electrons. The molecule has 0 radical (unpaired) electrons. The number of nitrogens with zero attached hydrogens (tertiary/aromatic N) is 2. The van der Waals surface area contributed by atoms with Gasteiger partial charge in [0, 0.05) is 24.5 Å². The summed E-state index contributed by atoms with van der Waals surface area (Å²) >= 11 is 0. The van der Waals surface area contributed by atoms with Crippen LogP contribution in [0.2, 0.25) is 0 Å². The van der Waals surface area contributed by atoms with Gasteiger partial charge in [-0.25, -0.2) is 4.98 Å². The highest BCUT2D eigenvalue weighted by molar-refractivity contribution is 4.99. The van der Waals surface area contributed by atoms with Crippen LogP contribution in [0.4, 0.5) is 0 Å². The molecule has 2 aliphatic carbocycles. The molecular weight excluding hydrogens is 174 g/mol. The summed E-state index contributed by atoms with van der Waals surface area (Å²) in [6.45, 7) is 0.953. The third-order valence-corrected chi connectivity index (χ3v) is 3.34. The van der Waals surface area contributed by atoms with E-state index in [-0.39, 0.29) is 0 Å². The maximum atomic E-state index is 4.41. The first kappa shape index (κ1) is 8.48. The van der Waals surface area contributed by atoms with Gasteiger partial charge in [-0.1, -0.05) is 6.42 Å². The lowest BCUT2D eigenvalue weighted by atomic mass is 9.93. The lowest BCUT2D eigenvalue weighted by molar-refractivity contribution is 0.333. The summed E-state index contributed by atoms with van der Waals surface area (Å²) in [7, 11) is 0. The molecule has 3 rings (SSSR count). The number of imidazole rings is 1. The van der Waals surface area contributed by atoms with E-state index in [1.165, 1.54) is 37.9 Å². The number of aromatic nitrogens is 2. The Morgan fingerprint density at radius 2 is 2.21 bits per heavy atom. The Kier molecular flexibility index (Phi) is 2.05. The molecule has 0 bridgehead atoms. The maximum absolute atomic E-state index is 4.41. The van der Waals surface area contributed by atoms with Crippen molar-refractivity contribution in [2.75, 3.05) is 0 Å². The van der Waals surface area contributed by atoms with Gasteiger partial charge in [0.25, 0.3) is 0 Å². The SMILES string of the molecule is c1cn(C2CC2)c(CNC2CCC2)n1. The highest BCUT2D eigenvalue weighted by Gasteiger charge is 2.25. The number of nitrogens with one attached hydrogen (secondary N) is 1. The van der Waals surface area contributed by atoms with E-state index >= 15 is 0 Å². The Hall–Kier alpha value is -0.830. The Labute approximate surface area is 84.5 Å². The van der Waals surface area contributed by atoms with Crippen LogP contribution in [0.5, 0.6) is 0 Å². The van der Waals surface area contributed by atoms with Crippen molar-refractivity contribution in [3.63, 3.8) is 0 Å². The predicted molar refractivity (Wildman–Crippen MR) is 55.0 cm³/mol. The monoisotopic (exact) mass is 191 g/mol. The van der Waals surface area contributed by atoms with Crippen LogP contribution in [0.3, 0.4) is 0 Å². The molecule has 1 aromatic rings. The Bertz CT molecular complexity index is 310. The van der Waals surface area contributed by atoms with Crippen LogP contribution >= 0.6 is 0 Å². The second kappa shape index (κ2) is 3.39. The van der Waals surface area contributed by atoms with Crippen molar-refractivity contribution in [2.24, 2.45) is 0 Å². The second-order valence-corrected chi connectivity index (χ2v) is 4.49. The van der Waals surface area contributed by atoms with Crippen molar-refractivity contribution >= 4 is 0 Å². The van der Waals surface area contributed by atoms with Crippen molar-refractivity contribution in [1.29, 1.82) is 0 Å². The summed E-state index contributed by atoms with van der Waals surface area (Å²) < 4.78 is 2.34. The van der Waals surface area contributed by atoms with E-state index in [2.05, 4.69) is 21.1 Å². The van der Waals surface area contributed by atoms with Gasteiger partial charge >= 0.3 is 0 Å². The standard InChI is InChI=1S/C11H17N3/c1-2-9(3-1)13-8-11-12-6-7-14(11)10-4-5-10/h6-7,9-10,13H,1-5,8H2. The predicted octanol–water partition coefficient (Wildman–Crippen LogP) is 1.86. The fourth-order valence-corrected chi connectivity index (χ4v) is 2.01. The van der Waals surface area contributed by atoms with Gasteiger partial charge in [0.15, 0.2) is 0 Å². The Morgan fingerprint density at radius 1 is 1.36 bits per heavy atom. The minimum Gasteiger partial charge on any atom is -0.331 e. The third kappa shape index (κ3) is 1.57. The molecule has 0 saturated heterocycles. The Balaban J connectivity index is 1.60. The Morgan fingerprint density at radius 3 is 2.86 bits per heavy atom. The minimum absolute atomic E-state index is 0.760. The molecule has 14 heavy (non-hydrogen) atoms. The van der Waals surface area contributed by atoms with E-state index in [1.54, 1.807) is 0 Å². The zero-order valence-electron chi connectivity index (χ0n) is 8.45. The van der Waals surface area contributed by atoms with Crippen molar-refractivity contribution in [2.45, 2.75) is 50.7 Å². The van der Waals surface area contributed by atoms with E-state index in [1.807, 2.05) is 6.20 Å². The van der Waals surface area contributed by atoms with Gasteiger partial charge in [-0.15, -0.1) is 0 Å². The second-order valence-electron chi connectivity index (χ2n) is 4.49. The highest BCUT2D eigenvalue weighted by Crippen LogP contribution is 2.35. The van der Waals surface area contributed by atoms with Gasteiger partial charge in [0.2, 0.25) is 0 Å². The van der Waals surface area contributed by atoms with Gasteiger partial charge < -0.3 is 9.88 Å². The van der Waals surface area contributed by atoms with Crippen molar-refractivity contribution in [3.05, 3.63) is 18.2 Å². The lowest BCUT2D eigenvalue weighted by Gasteiger charge is -2.26. The minimum atomic E-state index is 0.760. The quantitative estimate of drug-likeness (QED) is 0.787. The molecule has 0 atom stereocenters. The number of hydrogen-bond acceptors (Lipinski definition) is 2. The first-order valence-electron chi connectivity index (χ1n) is 5.68. The highest BCUT2D eigenvalue weighted by atomic mass is 15.1. The summed E-state index contributed by atoms with van der Waals surface area (Å²) in [5, 5.41) is 3.56. The molecule has 0 aliphatic heterocycles. The molecule has 2 aliphatic rings. The maximum Gasteiger partial charge on any atom is 0.122 e. The van der Waals surface area contributed by atoms with Gasteiger partial charge in [0.1, 0.15) is 5.82 Å². The summed E-state index contributed by atoms with van der Waals surface area (Å²) in [5.74, 6) is 1.22. The first-order valence-corrected chi connectivity index (χ1v) is 5.68. The molecule has 0 unspecified atom stereocenters. The zero-order chi connectivity index (χ0) is 9.38. The molecule has 2 saturated carbocycles. The molecule has 2 fully saturated rings. The third-order valence-electron chi connectivity index (χ3n) is 3.34. The number of rotatable bonds is 4. The number of hydrogen-bond donors (Lipinski definition) is 1. The zero-order valence-corrected chi connectivity index (χ0v) is 8.45. The van der Waals surface area contributed by atoms with Crippen LogP contribution in [0.25, 0.3) is 0 Å². The summed E-state index contributed by atoms with van der Waals surface area (Å²) in [6.07, 6.45) is 10.8. The molecular formula is C11H17N3. The smallest absolute Gasteiger partial charge is 0.122 e. The normalized spacial score (nSPS) is 22.3. The molecule has 1 aromatic heterocycles. The van der Waals surface area contributed by atoms with E-state index in [4.69, 9.17) is 0 Å². The van der Waals surface area contributed by atoms with Crippen molar-refractivity contribution in [1.82, 2.24) is 14.9 Å². The van der Waals surface area contributed by atoms with E-state index in [0.717, 1.165) is 18.6 Å². The largest absolute Gasteiger partial charge is 0.331 e. The summed E-state index contributed by atoms with van der Waals surface area (Å²) in [5.41, 5.74) is 0. The molecule has 1 N–H and O–H groups in total. The van der Waals surface area contributed by atoms with E-state index in [9.17, 15) is 0 Å². The van der Waals surface area contributed by atoms with E-state index < -0.39 is 0 Å². The van der Waals surface area contributed by atoms with Gasteiger partial charge in [-0.05, 0) is 25.7 Å². The van der Waals surface area contributed by atoms with Gasteiger partial charge in [-0.3, -0.25) is 0 Å². The van der Waals surface area contributed by atoms with Crippen LogP contribution in [-0.4, -0.2) is 15.6 Å². The fraction of sp³-hybridized carbons (Fsp3) is 0.727. The molecule has 0 aromatic carbocycles. The average Bonchev–Trinajstić information content (AvgIpc) is 2.85. The van der Waals surface area contributed by atoms with Crippen LogP contribution in [0.15, 0.2) is 12.4 Å². The van der Waals surface area contributed by atoms with Crippen molar-refractivity contribution < 1.29 is 0 Å². The first-order chi connectivity index (χ1) is 6.93. The van der Waals surface area contributed by atoms with Crippen molar-refractivity contribution in [3.8, 4) is 0 Å². The molecule has 1 heterocycles. The molecule has 3 heteroatoms. The van der Waals surface area contributed by atoms with Crippen LogP contribution in [0, 0.1) is 0 Å². The molecule has 0 amide bonds. The van der Waals surface area contributed by atoms with Crippen LogP contribution < -0.4 is 5.32 Å². The van der Waals surface area contributed by atoms with E-state index in [0.29, 0.717) is 0 Å². The summed E-state index contributed by atoms with van der Waals surface area (Å²) in [4.78, 5) is 4.41. The molecule has 3 nitrogen and oxygen atoms in total. The summed E-state index contributed by atoms with van der Waals surface area (Å²) in [6, 6.07) is 1.52. The fourth-order valence-electron chi connectivity index (χ4n) is 2.01. The van der Waals surface area contributed by atoms with Gasteiger partial charge in [0.05, 0.1) is 6.54 Å². The van der Waals surface area contributed by atoms with Crippen LogP contribution in [-0.2, 0) is 6.54 Å². The van der Waals surface area contributed by atoms with Gasteiger partial charge in [-0.2, -0.15) is 0 Å². The lowest BCUT2D eigenvalue weighted by Crippen LogP contribution is -2.35. The average molecular weight is 191 g/mol. The topological polar surface area (TPSA) is 29.9 Å².